The van der Waals surface area contributed by atoms with Gasteiger partial charge in [0.2, 0.25) is 10.7 Å². The van der Waals surface area contributed by atoms with Gasteiger partial charge in [-0.2, -0.15) is 17.2 Å². The highest BCUT2D eigenvalue weighted by Crippen LogP contribution is 2.20. The summed E-state index contributed by atoms with van der Waals surface area (Å²) in [5.41, 5.74) is 0. The van der Waals surface area contributed by atoms with Crippen LogP contribution < -0.4 is 0 Å². The van der Waals surface area contributed by atoms with Crippen LogP contribution in [0.25, 0.3) is 0 Å². The number of hydrogen-bond donors (Lipinski definition) is 2. The molecule has 0 saturated heterocycles. The van der Waals surface area contributed by atoms with Crippen LogP contribution in [0.4, 0.5) is 8.78 Å². The Hall–Kier alpha value is -0.280. The molecule has 0 aliphatic rings. The summed E-state index contributed by atoms with van der Waals surface area (Å²) in [7, 11) is -10.3. The molecule has 0 rings (SSSR count). The lowest BCUT2D eigenvalue weighted by Crippen LogP contribution is -2.29. The molecule has 9 heteroatoms. The maximum Gasteiger partial charge on any atom is 0.467 e. The molecule has 5 nitrogen and oxygen atoms in total. The van der Waals surface area contributed by atoms with Crippen molar-refractivity contribution in [3.05, 3.63) is 0 Å². The molecule has 0 saturated carbocycles. The molecule has 62 valence electrons. The summed E-state index contributed by atoms with van der Waals surface area (Å²) in [4.78, 5) is 0. The zero-order valence-corrected chi connectivity index (χ0v) is 5.90. The second kappa shape index (κ2) is 2.40. The number of rotatable bonds is 2. The van der Waals surface area contributed by atoms with Crippen molar-refractivity contribution in [3.63, 3.8) is 0 Å². The number of thiol groups is 1. The predicted molar refractivity (Wildman–Crippen MR) is 26.8 cm³/mol. The van der Waals surface area contributed by atoms with Gasteiger partial charge in [-0.05, 0) is 0 Å². The van der Waals surface area contributed by atoms with Gasteiger partial charge >= 0.3 is 14.7 Å². The van der Waals surface area contributed by atoms with Gasteiger partial charge in [0.25, 0.3) is 0 Å². The Morgan fingerprint density at radius 2 is 1.60 bits per heavy atom. The van der Waals surface area contributed by atoms with Gasteiger partial charge in [0.1, 0.15) is 0 Å². The fourth-order valence-electron chi connectivity index (χ4n) is 0.0942. The molecular weight excluding hydrogens is 194 g/mol. The Morgan fingerprint density at radius 1 is 1.30 bits per heavy atom. The normalized spacial score (nSPS) is 14.0. The van der Waals surface area contributed by atoms with Crippen LogP contribution in [0.3, 0.4) is 0 Å². The van der Waals surface area contributed by atoms with Crippen molar-refractivity contribution in [3.8, 4) is 0 Å². The highest BCUT2D eigenvalue weighted by Gasteiger charge is 2.48. The maximum atomic E-state index is 11.6. The number of alkyl halides is 2. The first-order valence-electron chi connectivity index (χ1n) is 1.69. The summed E-state index contributed by atoms with van der Waals surface area (Å²) < 4.78 is 63.6. The van der Waals surface area contributed by atoms with E-state index in [4.69, 9.17) is 4.55 Å². The lowest BCUT2D eigenvalue weighted by Gasteiger charge is -2.02. The van der Waals surface area contributed by atoms with E-state index in [-0.39, 0.29) is 0 Å². The van der Waals surface area contributed by atoms with Crippen LogP contribution in [0.15, 0.2) is 0 Å². The highest BCUT2D eigenvalue weighted by atomic mass is 32.3. The first-order chi connectivity index (χ1) is 4.19. The summed E-state index contributed by atoms with van der Waals surface area (Å²) in [6.07, 6.45) is 0. The van der Waals surface area contributed by atoms with Crippen molar-refractivity contribution in [2.24, 2.45) is 0 Å². The third-order valence-electron chi connectivity index (χ3n) is 0.523. The van der Waals surface area contributed by atoms with Crippen molar-refractivity contribution >= 4 is 20.8 Å². The summed E-state index contributed by atoms with van der Waals surface area (Å²) in [5, 5.41) is 0. The second-order valence-corrected chi connectivity index (χ2v) is 4.06. The second-order valence-electron chi connectivity index (χ2n) is 1.22. The van der Waals surface area contributed by atoms with E-state index in [2.05, 4.69) is 0 Å². The third-order valence-corrected chi connectivity index (χ3v) is 2.71. The standard InChI is InChI=1S/CH2F2O5S2/c2-1(3,9(4)5)10(6,7)8/h9H,(H,6,7,8). The minimum Gasteiger partial charge on any atom is -0.280 e. The van der Waals surface area contributed by atoms with E-state index in [1.807, 2.05) is 0 Å². The average molecular weight is 196 g/mol. The average Bonchev–Trinajstić information content (AvgIpc) is 1.62. The molecule has 0 unspecified atom stereocenters. The largest absolute Gasteiger partial charge is 0.467 e. The number of halogens is 2. The van der Waals surface area contributed by atoms with Crippen LogP contribution in [0, 0.1) is 0 Å². The van der Waals surface area contributed by atoms with Crippen LogP contribution in [0.1, 0.15) is 0 Å². The molecule has 0 amide bonds. The van der Waals surface area contributed by atoms with Gasteiger partial charge in [-0.15, -0.1) is 0 Å². The van der Waals surface area contributed by atoms with Crippen LogP contribution in [-0.4, -0.2) is 26.0 Å². The Labute approximate surface area is 56.4 Å². The SMILES string of the molecule is O=[SH](=O)C(F)(F)S(=O)(=O)O. The molecule has 0 spiro atoms. The van der Waals surface area contributed by atoms with Crippen molar-refractivity contribution in [1.29, 1.82) is 0 Å². The summed E-state index contributed by atoms with van der Waals surface area (Å²) >= 11 is 0. The highest BCUT2D eigenvalue weighted by molar-refractivity contribution is 7.99. The molecule has 0 bridgehead atoms. The van der Waals surface area contributed by atoms with E-state index >= 15 is 0 Å². The first-order valence-corrected chi connectivity index (χ1v) is 4.30. The summed E-state index contributed by atoms with van der Waals surface area (Å²) in [5.74, 6) is 0. The molecule has 0 radical (unpaired) electrons. The zero-order chi connectivity index (χ0) is 8.58. The molecule has 1 N–H and O–H groups in total. The van der Waals surface area contributed by atoms with Gasteiger partial charge in [-0.25, -0.2) is 8.42 Å². The third kappa shape index (κ3) is 1.61. The Morgan fingerprint density at radius 3 is 1.60 bits per heavy atom. The maximum absolute atomic E-state index is 11.6. The Bertz CT molecular complexity index is 277. The van der Waals surface area contributed by atoms with E-state index in [1.165, 1.54) is 0 Å². The Kier molecular flexibility index (Phi) is 2.33. The number of hydrogen-bond acceptors (Lipinski definition) is 4. The van der Waals surface area contributed by atoms with Crippen molar-refractivity contribution < 1.29 is 30.2 Å². The van der Waals surface area contributed by atoms with E-state index in [0.717, 1.165) is 0 Å². The van der Waals surface area contributed by atoms with Gasteiger partial charge in [0.15, 0.2) is 0 Å². The van der Waals surface area contributed by atoms with Crippen LogP contribution in [-0.2, 0) is 20.8 Å². The smallest absolute Gasteiger partial charge is 0.280 e. The molecule has 0 aromatic heterocycles. The first kappa shape index (κ1) is 9.72. The van der Waals surface area contributed by atoms with E-state index in [9.17, 15) is 25.6 Å². The van der Waals surface area contributed by atoms with Crippen LogP contribution in [0.2, 0.25) is 0 Å². The predicted octanol–water partition coefficient (Wildman–Crippen LogP) is -0.964. The lowest BCUT2D eigenvalue weighted by molar-refractivity contribution is 0.170. The fraction of sp³-hybridized carbons (Fsp3) is 1.00. The molecule has 0 aliphatic heterocycles. The van der Waals surface area contributed by atoms with Gasteiger partial charge in [-0.3, -0.25) is 4.55 Å². The van der Waals surface area contributed by atoms with Gasteiger partial charge < -0.3 is 0 Å². The molecule has 0 aromatic rings. The topological polar surface area (TPSA) is 88.5 Å². The van der Waals surface area contributed by atoms with Crippen LogP contribution in [0.5, 0.6) is 0 Å². The quantitative estimate of drug-likeness (QED) is 0.438. The fourth-order valence-corrected chi connectivity index (χ4v) is 0.848. The minimum absolute atomic E-state index is 4.50. The van der Waals surface area contributed by atoms with E-state index in [0.29, 0.717) is 0 Å². The lowest BCUT2D eigenvalue weighted by atomic mass is 11.6. The summed E-state index contributed by atoms with van der Waals surface area (Å²) in [6, 6.07) is 0. The van der Waals surface area contributed by atoms with Crippen molar-refractivity contribution in [2.75, 3.05) is 0 Å². The summed E-state index contributed by atoms with van der Waals surface area (Å²) in [6.45, 7) is 0. The molecule has 0 fully saturated rings. The van der Waals surface area contributed by atoms with E-state index in [1.54, 1.807) is 0 Å². The van der Waals surface area contributed by atoms with Gasteiger partial charge in [0.05, 0.1) is 0 Å². The van der Waals surface area contributed by atoms with Crippen molar-refractivity contribution in [1.82, 2.24) is 0 Å². The molecule has 10 heavy (non-hydrogen) atoms. The monoisotopic (exact) mass is 196 g/mol. The minimum atomic E-state index is -5.83. The molecule has 0 aliphatic carbocycles. The molecule has 0 aromatic carbocycles. The van der Waals surface area contributed by atoms with Gasteiger partial charge in [0, 0.05) is 0 Å². The Balaban J connectivity index is 5.16. The molecule has 0 heterocycles. The van der Waals surface area contributed by atoms with Crippen LogP contribution >= 0.6 is 0 Å². The molecular formula is CH2F2O5S2. The van der Waals surface area contributed by atoms with E-state index < -0.39 is 25.4 Å². The van der Waals surface area contributed by atoms with Crippen molar-refractivity contribution in [2.45, 2.75) is 4.59 Å². The zero-order valence-electron chi connectivity index (χ0n) is 4.19. The molecule has 0 atom stereocenters. The van der Waals surface area contributed by atoms with Gasteiger partial charge in [-0.1, -0.05) is 0 Å².